The van der Waals surface area contributed by atoms with Gasteiger partial charge in [0.05, 0.1) is 21.7 Å². The molecule has 1 amide bonds. The first-order valence-corrected chi connectivity index (χ1v) is 10.4. The molecule has 7 heteroatoms. The summed E-state index contributed by atoms with van der Waals surface area (Å²) in [6, 6.07) is 2.02. The fourth-order valence-corrected chi connectivity index (χ4v) is 5.47. The summed E-state index contributed by atoms with van der Waals surface area (Å²) >= 11 is 1.67. The van der Waals surface area contributed by atoms with Gasteiger partial charge >= 0.3 is 0 Å². The Balaban J connectivity index is 1.35. The molecule has 0 bridgehead atoms. The molecule has 1 aliphatic carbocycles. The second-order valence-electron chi connectivity index (χ2n) is 8.11. The smallest absolute Gasteiger partial charge is 0.229 e. The molecular formula is C19H24N4O2S. The van der Waals surface area contributed by atoms with Gasteiger partial charge in [-0.25, -0.2) is 9.97 Å². The maximum absolute atomic E-state index is 13.2. The summed E-state index contributed by atoms with van der Waals surface area (Å²) in [4.78, 5) is 26.3. The molecule has 0 aromatic carbocycles. The molecule has 5 rings (SSSR count). The molecule has 1 unspecified atom stereocenters. The number of piperidine rings is 2. The molecule has 4 heterocycles. The molecule has 2 saturated heterocycles. The minimum Gasteiger partial charge on any atom is -0.391 e. The van der Waals surface area contributed by atoms with E-state index in [9.17, 15) is 9.90 Å². The van der Waals surface area contributed by atoms with Gasteiger partial charge in [-0.15, -0.1) is 11.3 Å². The number of fused-ring (bicyclic) bond motifs is 1. The summed E-state index contributed by atoms with van der Waals surface area (Å²) in [6.45, 7) is 2.96. The summed E-state index contributed by atoms with van der Waals surface area (Å²) in [5.41, 5.74) is 0.602. The van der Waals surface area contributed by atoms with E-state index in [0.29, 0.717) is 18.9 Å². The summed E-state index contributed by atoms with van der Waals surface area (Å²) in [6.07, 6.45) is 5.89. The molecule has 138 valence electrons. The van der Waals surface area contributed by atoms with Crippen LogP contribution in [0.3, 0.4) is 0 Å². The minimum absolute atomic E-state index is 0.276. The number of nitrogens with zero attached hydrogens (tertiary/aromatic N) is 4. The third-order valence-electron chi connectivity index (χ3n) is 6.22. The molecule has 0 radical (unpaired) electrons. The Hall–Kier alpha value is -1.73. The topological polar surface area (TPSA) is 69.6 Å². The van der Waals surface area contributed by atoms with Crippen molar-refractivity contribution in [3.8, 4) is 0 Å². The first kappa shape index (κ1) is 16.4. The zero-order chi connectivity index (χ0) is 17.7. The summed E-state index contributed by atoms with van der Waals surface area (Å²) in [5.74, 6) is 1.92. The maximum atomic E-state index is 13.2. The van der Waals surface area contributed by atoms with Gasteiger partial charge in [0, 0.05) is 26.2 Å². The van der Waals surface area contributed by atoms with Crippen LogP contribution in [-0.2, 0) is 4.79 Å². The molecule has 1 N–H and O–H groups in total. The number of aliphatic hydroxyl groups is 1. The van der Waals surface area contributed by atoms with Crippen molar-refractivity contribution in [1.82, 2.24) is 14.9 Å². The molecule has 2 aromatic heterocycles. The van der Waals surface area contributed by atoms with Crippen LogP contribution in [0.1, 0.15) is 32.1 Å². The fraction of sp³-hybridized carbons (Fsp3) is 0.632. The van der Waals surface area contributed by atoms with E-state index in [-0.39, 0.29) is 17.4 Å². The molecule has 1 atom stereocenters. The van der Waals surface area contributed by atoms with Crippen molar-refractivity contribution in [2.75, 3.05) is 31.1 Å². The highest BCUT2D eigenvalue weighted by molar-refractivity contribution is 7.17. The van der Waals surface area contributed by atoms with E-state index in [1.165, 1.54) is 12.8 Å². The lowest BCUT2D eigenvalue weighted by molar-refractivity contribution is -0.154. The summed E-state index contributed by atoms with van der Waals surface area (Å²) in [7, 11) is 0. The van der Waals surface area contributed by atoms with Crippen molar-refractivity contribution in [3.05, 3.63) is 17.8 Å². The second-order valence-corrected chi connectivity index (χ2v) is 9.03. The van der Waals surface area contributed by atoms with Crippen molar-refractivity contribution in [2.45, 2.75) is 38.2 Å². The SMILES string of the molecule is O=C1N(CC2CC2)CC(O)CC12CCN(c1ncnc3ccsc13)CC2. The Kier molecular flexibility index (Phi) is 3.90. The van der Waals surface area contributed by atoms with Gasteiger partial charge in [0.2, 0.25) is 5.91 Å². The zero-order valence-electron chi connectivity index (χ0n) is 14.8. The van der Waals surface area contributed by atoms with Crippen LogP contribution >= 0.6 is 11.3 Å². The zero-order valence-corrected chi connectivity index (χ0v) is 15.6. The number of amides is 1. The normalized spacial score (nSPS) is 26.0. The van der Waals surface area contributed by atoms with Crippen LogP contribution in [0.5, 0.6) is 0 Å². The van der Waals surface area contributed by atoms with Crippen LogP contribution in [0.15, 0.2) is 17.8 Å². The Morgan fingerprint density at radius 2 is 2.08 bits per heavy atom. The highest BCUT2D eigenvalue weighted by Crippen LogP contribution is 2.43. The van der Waals surface area contributed by atoms with E-state index in [4.69, 9.17) is 0 Å². The van der Waals surface area contributed by atoms with Crippen LogP contribution in [0, 0.1) is 11.3 Å². The Labute approximate surface area is 156 Å². The van der Waals surface area contributed by atoms with Crippen LogP contribution in [-0.4, -0.2) is 58.2 Å². The largest absolute Gasteiger partial charge is 0.391 e. The van der Waals surface area contributed by atoms with Gasteiger partial charge in [-0.1, -0.05) is 0 Å². The molecule has 1 saturated carbocycles. The van der Waals surface area contributed by atoms with Gasteiger partial charge in [-0.2, -0.15) is 0 Å². The predicted octanol–water partition coefficient (Wildman–Crippen LogP) is 2.28. The molecule has 3 aliphatic rings. The number of β-amino-alcohol motifs (C(OH)–C–C–N with tert-alkyl or cyclic N) is 1. The monoisotopic (exact) mass is 372 g/mol. The number of hydrogen-bond donors (Lipinski definition) is 1. The molecular weight excluding hydrogens is 348 g/mol. The van der Waals surface area contributed by atoms with Gasteiger partial charge < -0.3 is 14.9 Å². The van der Waals surface area contributed by atoms with Crippen molar-refractivity contribution in [2.24, 2.45) is 11.3 Å². The quantitative estimate of drug-likeness (QED) is 0.895. The third kappa shape index (κ3) is 2.77. The van der Waals surface area contributed by atoms with Crippen molar-refractivity contribution >= 4 is 33.3 Å². The van der Waals surface area contributed by atoms with Gasteiger partial charge in [-0.05, 0) is 49.5 Å². The molecule has 6 nitrogen and oxygen atoms in total. The number of likely N-dealkylation sites (tertiary alicyclic amines) is 1. The maximum Gasteiger partial charge on any atom is 0.229 e. The minimum atomic E-state index is -0.388. The van der Waals surface area contributed by atoms with Gasteiger partial charge in [0.15, 0.2) is 0 Å². The molecule has 1 spiro atoms. The lowest BCUT2D eigenvalue weighted by Crippen LogP contribution is -2.58. The van der Waals surface area contributed by atoms with E-state index >= 15 is 0 Å². The predicted molar refractivity (Wildman–Crippen MR) is 101 cm³/mol. The number of thiophene rings is 1. The molecule has 26 heavy (non-hydrogen) atoms. The Morgan fingerprint density at radius 1 is 1.27 bits per heavy atom. The lowest BCUT2D eigenvalue weighted by atomic mass is 9.71. The Morgan fingerprint density at radius 3 is 2.85 bits per heavy atom. The number of hydrogen-bond acceptors (Lipinski definition) is 6. The van der Waals surface area contributed by atoms with Crippen LogP contribution in [0.4, 0.5) is 5.82 Å². The van der Waals surface area contributed by atoms with E-state index < -0.39 is 0 Å². The van der Waals surface area contributed by atoms with Crippen LogP contribution < -0.4 is 4.90 Å². The third-order valence-corrected chi connectivity index (χ3v) is 7.12. The number of aromatic nitrogens is 2. The lowest BCUT2D eigenvalue weighted by Gasteiger charge is -2.48. The van der Waals surface area contributed by atoms with E-state index in [1.54, 1.807) is 17.7 Å². The number of anilines is 1. The van der Waals surface area contributed by atoms with Gasteiger partial charge in [0.25, 0.3) is 0 Å². The Bertz CT molecular complexity index is 824. The molecule has 2 aromatic rings. The van der Waals surface area contributed by atoms with Crippen molar-refractivity contribution < 1.29 is 9.90 Å². The van der Waals surface area contributed by atoms with Gasteiger partial charge in [0.1, 0.15) is 12.1 Å². The number of aliphatic hydroxyl groups excluding tert-OH is 1. The molecule has 2 aliphatic heterocycles. The first-order chi connectivity index (χ1) is 12.6. The highest BCUT2D eigenvalue weighted by atomic mass is 32.1. The van der Waals surface area contributed by atoms with Gasteiger partial charge in [-0.3, -0.25) is 4.79 Å². The second kappa shape index (κ2) is 6.16. The highest BCUT2D eigenvalue weighted by Gasteiger charge is 2.49. The van der Waals surface area contributed by atoms with Crippen molar-refractivity contribution in [3.63, 3.8) is 0 Å². The molecule has 3 fully saturated rings. The van der Waals surface area contributed by atoms with Crippen LogP contribution in [0.2, 0.25) is 0 Å². The summed E-state index contributed by atoms with van der Waals surface area (Å²) < 4.78 is 1.12. The first-order valence-electron chi connectivity index (χ1n) is 9.55. The van der Waals surface area contributed by atoms with E-state index in [2.05, 4.69) is 14.9 Å². The van der Waals surface area contributed by atoms with Crippen LogP contribution in [0.25, 0.3) is 10.2 Å². The van der Waals surface area contributed by atoms with E-state index in [1.807, 2.05) is 16.3 Å². The average molecular weight is 372 g/mol. The summed E-state index contributed by atoms with van der Waals surface area (Å²) in [5, 5.41) is 12.5. The van der Waals surface area contributed by atoms with E-state index in [0.717, 1.165) is 48.5 Å². The standard InChI is InChI=1S/C19H24N4O2S/c24-14-9-19(18(25)23(11-14)10-13-1-2-13)4-6-22(7-5-19)17-16-15(3-8-26-16)20-12-21-17/h3,8,12-14,24H,1-2,4-7,9-11H2. The number of carbonyl (C=O) groups excluding carboxylic acids is 1. The average Bonchev–Trinajstić information content (AvgIpc) is 3.32. The number of rotatable bonds is 3. The number of carbonyl (C=O) groups is 1. The fourth-order valence-electron chi connectivity index (χ4n) is 4.61. The van der Waals surface area contributed by atoms with Crippen molar-refractivity contribution in [1.29, 1.82) is 0 Å².